The number of rotatable bonds is 7. The Morgan fingerprint density at radius 3 is 2.79 bits per heavy atom. The number of benzene rings is 2. The second kappa shape index (κ2) is 8.63. The quantitative estimate of drug-likeness (QED) is 0.254. The molecule has 5 rings (SSSR count). The third-order valence-corrected chi connectivity index (χ3v) is 5.51. The van der Waals surface area contributed by atoms with Gasteiger partial charge in [0.25, 0.3) is 0 Å². The summed E-state index contributed by atoms with van der Waals surface area (Å²) in [7, 11) is 0. The molecule has 0 radical (unpaired) electrons. The van der Waals surface area contributed by atoms with Gasteiger partial charge < -0.3 is 15.0 Å². The molecule has 5 aromatic rings. The Morgan fingerprint density at radius 1 is 1.18 bits per heavy atom. The number of aryl methyl sites for hydroxylation is 1. The number of aromatic nitrogens is 5. The Balaban J connectivity index is 1.39. The first kappa shape index (κ1) is 20.5. The lowest BCUT2D eigenvalue weighted by molar-refractivity contribution is -0.385. The van der Waals surface area contributed by atoms with Gasteiger partial charge in [0.2, 0.25) is 5.82 Å². The summed E-state index contributed by atoms with van der Waals surface area (Å²) in [6, 6.07) is 15.1. The first-order valence-corrected chi connectivity index (χ1v) is 10.8. The Labute approximate surface area is 191 Å². The maximum atomic E-state index is 11.9. The molecular formula is C22H17N7O3S. The molecule has 0 aliphatic rings. The van der Waals surface area contributed by atoms with Crippen molar-refractivity contribution in [3.05, 3.63) is 81.6 Å². The molecule has 0 fully saturated rings. The number of nitro groups is 1. The molecule has 0 bridgehead atoms. The summed E-state index contributed by atoms with van der Waals surface area (Å²) in [4.78, 5) is 22.7. The molecule has 0 aliphatic carbocycles. The summed E-state index contributed by atoms with van der Waals surface area (Å²) in [6.45, 7) is 2.26. The number of aromatic amines is 1. The topological polar surface area (TPSA) is 132 Å². The van der Waals surface area contributed by atoms with E-state index in [1.807, 2.05) is 54.8 Å². The first-order valence-electron chi connectivity index (χ1n) is 9.94. The van der Waals surface area contributed by atoms with Gasteiger partial charge in [0.1, 0.15) is 17.8 Å². The number of nitrogens with zero attached hydrogens (tertiary/aromatic N) is 5. The Hall–Kier alpha value is -4.38. The molecule has 10 nitrogen and oxygen atoms in total. The Bertz CT molecular complexity index is 1430. The zero-order valence-electron chi connectivity index (χ0n) is 17.3. The van der Waals surface area contributed by atoms with Crippen LogP contribution in [0.15, 0.2) is 60.2 Å². The van der Waals surface area contributed by atoms with E-state index in [0.717, 1.165) is 33.4 Å². The number of fused-ring (bicyclic) bond motifs is 1. The molecule has 0 aliphatic heterocycles. The maximum absolute atomic E-state index is 11.9. The van der Waals surface area contributed by atoms with E-state index in [9.17, 15) is 10.1 Å². The van der Waals surface area contributed by atoms with Gasteiger partial charge in [0.15, 0.2) is 0 Å². The molecule has 2 N–H and O–H groups in total. The van der Waals surface area contributed by atoms with Crippen molar-refractivity contribution in [2.24, 2.45) is 0 Å². The fourth-order valence-electron chi connectivity index (χ4n) is 3.46. The van der Waals surface area contributed by atoms with Gasteiger partial charge in [-0.2, -0.15) is 4.98 Å². The molecular weight excluding hydrogens is 442 g/mol. The molecule has 33 heavy (non-hydrogen) atoms. The Kier molecular flexibility index (Phi) is 5.37. The molecule has 2 aromatic carbocycles. The third kappa shape index (κ3) is 4.21. The van der Waals surface area contributed by atoms with Crippen LogP contribution in [0.25, 0.3) is 22.2 Å². The molecule has 3 aromatic heterocycles. The average Bonchev–Trinajstić information content (AvgIpc) is 3.48. The van der Waals surface area contributed by atoms with Crippen molar-refractivity contribution >= 4 is 33.9 Å². The Morgan fingerprint density at radius 2 is 2.03 bits per heavy atom. The molecule has 164 valence electrons. The van der Waals surface area contributed by atoms with E-state index < -0.39 is 4.92 Å². The fourth-order valence-corrected chi connectivity index (χ4v) is 3.93. The summed E-state index contributed by atoms with van der Waals surface area (Å²) in [5, 5.41) is 21.6. The first-order chi connectivity index (χ1) is 16.1. The van der Waals surface area contributed by atoms with Crippen molar-refractivity contribution in [1.82, 2.24) is 24.5 Å². The second-order valence-electron chi connectivity index (χ2n) is 7.25. The summed E-state index contributed by atoms with van der Waals surface area (Å²) >= 11 is 1.29. The van der Waals surface area contributed by atoms with Crippen LogP contribution in [0, 0.1) is 17.0 Å². The van der Waals surface area contributed by atoms with Crippen LogP contribution in [0.2, 0.25) is 0 Å². The van der Waals surface area contributed by atoms with Gasteiger partial charge in [-0.25, -0.2) is 4.98 Å². The van der Waals surface area contributed by atoms with Gasteiger partial charge in [-0.05, 0) is 42.2 Å². The van der Waals surface area contributed by atoms with Crippen molar-refractivity contribution in [1.29, 1.82) is 0 Å². The van der Waals surface area contributed by atoms with E-state index >= 15 is 0 Å². The molecule has 0 atom stereocenters. The molecule has 0 unspecified atom stereocenters. The number of hydrogen-bond donors (Lipinski definition) is 2. The van der Waals surface area contributed by atoms with Crippen LogP contribution in [0.4, 0.5) is 11.5 Å². The van der Waals surface area contributed by atoms with Crippen LogP contribution in [0.3, 0.4) is 0 Å². The number of H-pyrrole nitrogens is 1. The molecule has 11 heteroatoms. The standard InChI is InChI=1S/C22H17N7O3S/c1-13-9-16-17(26-13)3-2-4-19(16)32-22-20(29(30)31)21(24-12-25-22)23-10-14-5-7-15(8-6-14)18-11-33-28-27-18/h2-9,11-12,26H,10H2,1H3,(H,23,24,25). The summed E-state index contributed by atoms with van der Waals surface area (Å²) in [5.41, 5.74) is 4.18. The van der Waals surface area contributed by atoms with Crippen molar-refractivity contribution < 1.29 is 9.66 Å². The summed E-state index contributed by atoms with van der Waals surface area (Å²) in [6.07, 6.45) is 1.24. The largest absolute Gasteiger partial charge is 0.433 e. The smallest absolute Gasteiger partial charge is 0.373 e. The van der Waals surface area contributed by atoms with Gasteiger partial charge in [-0.3, -0.25) is 10.1 Å². The van der Waals surface area contributed by atoms with Gasteiger partial charge in [0, 0.05) is 34.1 Å². The van der Waals surface area contributed by atoms with Crippen LogP contribution in [-0.4, -0.2) is 29.5 Å². The predicted molar refractivity (Wildman–Crippen MR) is 124 cm³/mol. The van der Waals surface area contributed by atoms with E-state index in [0.29, 0.717) is 12.3 Å². The number of nitrogens with one attached hydrogen (secondary N) is 2. The lowest BCUT2D eigenvalue weighted by Gasteiger charge is -2.10. The molecule has 0 spiro atoms. The minimum atomic E-state index is -0.543. The lowest BCUT2D eigenvalue weighted by atomic mass is 10.1. The highest BCUT2D eigenvalue weighted by Crippen LogP contribution is 2.37. The van der Waals surface area contributed by atoms with Crippen molar-refractivity contribution in [2.45, 2.75) is 13.5 Å². The number of anilines is 1. The van der Waals surface area contributed by atoms with Gasteiger partial charge in [-0.15, -0.1) is 5.10 Å². The van der Waals surface area contributed by atoms with Crippen molar-refractivity contribution in [2.75, 3.05) is 5.32 Å². The minimum Gasteiger partial charge on any atom is -0.433 e. The predicted octanol–water partition coefficient (Wildman–Crippen LogP) is 5.10. The molecule has 0 amide bonds. The average molecular weight is 459 g/mol. The third-order valence-electron chi connectivity index (χ3n) is 5.01. The van der Waals surface area contributed by atoms with E-state index in [1.165, 1.54) is 17.9 Å². The minimum absolute atomic E-state index is 0.0789. The number of hydrogen-bond acceptors (Lipinski definition) is 9. The lowest BCUT2D eigenvalue weighted by Crippen LogP contribution is -2.07. The van der Waals surface area contributed by atoms with E-state index in [4.69, 9.17) is 4.74 Å². The summed E-state index contributed by atoms with van der Waals surface area (Å²) in [5.74, 6) is 0.419. The zero-order valence-corrected chi connectivity index (χ0v) is 18.2. The maximum Gasteiger partial charge on any atom is 0.373 e. The molecule has 0 saturated carbocycles. The van der Waals surface area contributed by atoms with E-state index in [1.54, 1.807) is 6.07 Å². The number of ether oxygens (including phenoxy) is 1. The highest BCUT2D eigenvalue weighted by Gasteiger charge is 2.25. The highest BCUT2D eigenvalue weighted by molar-refractivity contribution is 7.03. The van der Waals surface area contributed by atoms with Gasteiger partial charge in [-0.1, -0.05) is 34.8 Å². The molecule has 0 saturated heterocycles. The van der Waals surface area contributed by atoms with E-state index in [-0.39, 0.29) is 17.4 Å². The van der Waals surface area contributed by atoms with Crippen LogP contribution in [0.5, 0.6) is 11.6 Å². The molecule has 3 heterocycles. The van der Waals surface area contributed by atoms with Crippen LogP contribution >= 0.6 is 11.5 Å². The van der Waals surface area contributed by atoms with Gasteiger partial charge >= 0.3 is 11.6 Å². The van der Waals surface area contributed by atoms with Crippen molar-refractivity contribution in [3.63, 3.8) is 0 Å². The van der Waals surface area contributed by atoms with E-state index in [2.05, 4.69) is 29.9 Å². The second-order valence-corrected chi connectivity index (χ2v) is 7.86. The fraction of sp³-hybridized carbons (Fsp3) is 0.0909. The summed E-state index contributed by atoms with van der Waals surface area (Å²) < 4.78 is 9.75. The van der Waals surface area contributed by atoms with Crippen molar-refractivity contribution in [3.8, 4) is 22.9 Å². The SMILES string of the molecule is Cc1cc2c(Oc3ncnc(NCc4ccc(-c5csnn5)cc4)c3[N+](=O)[O-])cccc2[nH]1. The van der Waals surface area contributed by atoms with Crippen LogP contribution < -0.4 is 10.1 Å². The highest BCUT2D eigenvalue weighted by atomic mass is 32.1. The van der Waals surface area contributed by atoms with Crippen LogP contribution in [-0.2, 0) is 6.54 Å². The monoisotopic (exact) mass is 459 g/mol. The van der Waals surface area contributed by atoms with Gasteiger partial charge in [0.05, 0.1) is 4.92 Å². The van der Waals surface area contributed by atoms with Crippen LogP contribution in [0.1, 0.15) is 11.3 Å². The normalized spacial score (nSPS) is 10.9. The zero-order chi connectivity index (χ0) is 22.8.